The highest BCUT2D eigenvalue weighted by molar-refractivity contribution is 5.82. The fourth-order valence-electron chi connectivity index (χ4n) is 3.38. The maximum atomic E-state index is 12.4. The van der Waals surface area contributed by atoms with Crippen LogP contribution < -0.4 is 9.47 Å². The third-order valence-corrected chi connectivity index (χ3v) is 4.48. The Morgan fingerprint density at radius 2 is 2.17 bits per heavy atom. The van der Waals surface area contributed by atoms with Crippen molar-refractivity contribution >= 4 is 11.9 Å². The summed E-state index contributed by atoms with van der Waals surface area (Å²) in [5, 5.41) is 9.66. The molecule has 1 aromatic carbocycles. The molecule has 2 heterocycles. The molecular weight excluding hydrogens is 314 g/mol. The van der Waals surface area contributed by atoms with E-state index in [4.69, 9.17) is 14.2 Å². The lowest BCUT2D eigenvalue weighted by molar-refractivity contribution is -0.152. The lowest BCUT2D eigenvalue weighted by Gasteiger charge is -2.40. The van der Waals surface area contributed by atoms with E-state index in [2.05, 4.69) is 0 Å². The van der Waals surface area contributed by atoms with Crippen LogP contribution in [0, 0.1) is 5.92 Å². The minimum Gasteiger partial charge on any atom is -0.486 e. The van der Waals surface area contributed by atoms with Gasteiger partial charge < -0.3 is 24.2 Å². The second-order valence-electron chi connectivity index (χ2n) is 5.88. The summed E-state index contributed by atoms with van der Waals surface area (Å²) >= 11 is 0. The predicted molar refractivity (Wildman–Crippen MR) is 84.1 cm³/mol. The highest BCUT2D eigenvalue weighted by Gasteiger charge is 2.42. The van der Waals surface area contributed by atoms with Crippen LogP contribution in [-0.4, -0.2) is 55.4 Å². The van der Waals surface area contributed by atoms with Crippen LogP contribution in [-0.2, 0) is 14.3 Å². The zero-order valence-electron chi connectivity index (χ0n) is 13.6. The van der Waals surface area contributed by atoms with Crippen molar-refractivity contribution in [2.24, 2.45) is 5.92 Å². The van der Waals surface area contributed by atoms with Crippen LogP contribution in [0.2, 0.25) is 0 Å². The molecule has 0 saturated carbocycles. The molecule has 2 atom stereocenters. The molecule has 7 nitrogen and oxygen atoms in total. The number of rotatable bonds is 5. The molecular formula is C17H21NO6. The van der Waals surface area contributed by atoms with Gasteiger partial charge in [0.2, 0.25) is 5.91 Å². The summed E-state index contributed by atoms with van der Waals surface area (Å²) < 4.78 is 16.4. The predicted octanol–water partition coefficient (Wildman–Crippen LogP) is 1.47. The van der Waals surface area contributed by atoms with Crippen molar-refractivity contribution in [1.29, 1.82) is 0 Å². The monoisotopic (exact) mass is 335 g/mol. The molecule has 0 aromatic heterocycles. The van der Waals surface area contributed by atoms with E-state index in [1.54, 1.807) is 24.1 Å². The maximum Gasteiger partial charge on any atom is 0.308 e. The number of carboxylic acids is 1. The molecule has 0 aliphatic carbocycles. The third-order valence-electron chi connectivity index (χ3n) is 4.48. The molecule has 0 spiro atoms. The second kappa shape index (κ2) is 7.09. The zero-order valence-corrected chi connectivity index (χ0v) is 13.6. The molecule has 24 heavy (non-hydrogen) atoms. The number of aliphatic carboxylic acids is 1. The molecule has 3 rings (SSSR count). The quantitative estimate of drug-likeness (QED) is 0.877. The number of carboxylic acid groups (broad SMARTS) is 1. The van der Waals surface area contributed by atoms with E-state index in [0.29, 0.717) is 49.8 Å². The zero-order chi connectivity index (χ0) is 17.1. The Morgan fingerprint density at radius 3 is 2.92 bits per heavy atom. The Hall–Kier alpha value is -2.28. The maximum absolute atomic E-state index is 12.4. The van der Waals surface area contributed by atoms with Crippen molar-refractivity contribution in [3.05, 3.63) is 23.8 Å². The van der Waals surface area contributed by atoms with Crippen LogP contribution in [0.15, 0.2) is 18.2 Å². The molecule has 0 radical (unpaired) electrons. The fraction of sp³-hybridized carbons (Fsp3) is 0.529. The molecule has 2 aliphatic rings. The van der Waals surface area contributed by atoms with Gasteiger partial charge >= 0.3 is 5.97 Å². The molecule has 1 saturated heterocycles. The number of hydrogen-bond acceptors (Lipinski definition) is 5. The Balaban J connectivity index is 2.04. The molecule has 2 aliphatic heterocycles. The smallest absolute Gasteiger partial charge is 0.308 e. The standard InChI is InChI=1S/C17H21NO6/c1-22-8-7-18-14(19)6-5-12(17(20)21)15(18)11-3-2-4-13-16(11)24-10-9-23-13/h2-4,12,15H,5-10H2,1H3,(H,20,21)/t12-,15+/m0/s1. The van der Waals surface area contributed by atoms with Gasteiger partial charge in [-0.05, 0) is 12.5 Å². The normalized spacial score (nSPS) is 23.2. The van der Waals surface area contributed by atoms with Crippen LogP contribution in [0.5, 0.6) is 11.5 Å². The second-order valence-corrected chi connectivity index (χ2v) is 5.88. The average Bonchev–Trinajstić information content (AvgIpc) is 2.59. The highest BCUT2D eigenvalue weighted by atomic mass is 16.6. The van der Waals surface area contributed by atoms with E-state index in [1.807, 2.05) is 6.07 Å². The number of hydrogen-bond donors (Lipinski definition) is 1. The van der Waals surface area contributed by atoms with Crippen LogP contribution >= 0.6 is 0 Å². The van der Waals surface area contributed by atoms with Crippen LogP contribution in [0.3, 0.4) is 0 Å². The first-order chi connectivity index (χ1) is 11.6. The highest BCUT2D eigenvalue weighted by Crippen LogP contribution is 2.44. The first-order valence-electron chi connectivity index (χ1n) is 8.03. The van der Waals surface area contributed by atoms with Crippen molar-refractivity contribution < 1.29 is 28.9 Å². The summed E-state index contributed by atoms with van der Waals surface area (Å²) in [6, 6.07) is 4.82. The van der Waals surface area contributed by atoms with Gasteiger partial charge in [-0.15, -0.1) is 0 Å². The third kappa shape index (κ3) is 3.03. The number of piperidine rings is 1. The average molecular weight is 335 g/mol. The number of carbonyl (C=O) groups excluding carboxylic acids is 1. The molecule has 130 valence electrons. The summed E-state index contributed by atoms with van der Waals surface area (Å²) in [4.78, 5) is 25.8. The van der Waals surface area contributed by atoms with Crippen molar-refractivity contribution in [2.75, 3.05) is 33.5 Å². The van der Waals surface area contributed by atoms with Gasteiger partial charge in [-0.3, -0.25) is 9.59 Å². The Labute approximate surface area is 140 Å². The van der Waals surface area contributed by atoms with E-state index in [-0.39, 0.29) is 12.3 Å². The van der Waals surface area contributed by atoms with E-state index in [9.17, 15) is 14.7 Å². The number of nitrogens with zero attached hydrogens (tertiary/aromatic N) is 1. The number of para-hydroxylation sites is 1. The number of carbonyl (C=O) groups is 2. The minimum atomic E-state index is -0.913. The number of ether oxygens (including phenoxy) is 3. The lowest BCUT2D eigenvalue weighted by atomic mass is 9.83. The van der Waals surface area contributed by atoms with Gasteiger partial charge in [0.15, 0.2) is 11.5 Å². The van der Waals surface area contributed by atoms with Crippen molar-refractivity contribution in [1.82, 2.24) is 4.90 Å². The fourth-order valence-corrected chi connectivity index (χ4v) is 3.38. The van der Waals surface area contributed by atoms with E-state index >= 15 is 0 Å². The van der Waals surface area contributed by atoms with Gasteiger partial charge in [-0.25, -0.2) is 0 Å². The van der Waals surface area contributed by atoms with Gasteiger partial charge in [0.05, 0.1) is 18.6 Å². The molecule has 7 heteroatoms. The SMILES string of the molecule is COCCN1C(=O)CC[C@H](C(=O)O)[C@H]1c1cccc2c1OCCO2. The van der Waals surface area contributed by atoms with E-state index in [0.717, 1.165) is 0 Å². The Morgan fingerprint density at radius 1 is 1.38 bits per heavy atom. The molecule has 0 bridgehead atoms. The van der Waals surface area contributed by atoms with Gasteiger partial charge in [0.25, 0.3) is 0 Å². The summed E-state index contributed by atoms with van der Waals surface area (Å²) in [5.41, 5.74) is 0.684. The number of benzene rings is 1. The van der Waals surface area contributed by atoms with E-state index < -0.39 is 17.9 Å². The van der Waals surface area contributed by atoms with Crippen LogP contribution in [0.4, 0.5) is 0 Å². The first kappa shape index (κ1) is 16.6. The Kier molecular flexibility index (Phi) is 4.89. The topological polar surface area (TPSA) is 85.3 Å². The summed E-state index contributed by atoms with van der Waals surface area (Å²) in [7, 11) is 1.56. The van der Waals surface area contributed by atoms with Gasteiger partial charge in [0, 0.05) is 25.6 Å². The molecule has 1 aromatic rings. The summed E-state index contributed by atoms with van der Waals surface area (Å²) in [6.45, 7) is 1.55. The van der Waals surface area contributed by atoms with Gasteiger partial charge in [-0.2, -0.15) is 0 Å². The number of amides is 1. The van der Waals surface area contributed by atoms with Crippen molar-refractivity contribution in [3.8, 4) is 11.5 Å². The largest absolute Gasteiger partial charge is 0.486 e. The lowest BCUT2D eigenvalue weighted by Crippen LogP contribution is -2.46. The minimum absolute atomic E-state index is 0.0659. The molecule has 0 unspecified atom stereocenters. The summed E-state index contributed by atoms with van der Waals surface area (Å²) in [6.07, 6.45) is 0.538. The van der Waals surface area contributed by atoms with Gasteiger partial charge in [0.1, 0.15) is 13.2 Å². The number of fused-ring (bicyclic) bond motifs is 1. The summed E-state index contributed by atoms with van der Waals surface area (Å²) in [5.74, 6) is -0.533. The van der Waals surface area contributed by atoms with Crippen LogP contribution in [0.25, 0.3) is 0 Å². The number of likely N-dealkylation sites (tertiary alicyclic amines) is 1. The molecule has 1 N–H and O–H groups in total. The van der Waals surface area contributed by atoms with Crippen molar-refractivity contribution in [2.45, 2.75) is 18.9 Å². The van der Waals surface area contributed by atoms with E-state index in [1.165, 1.54) is 0 Å². The molecule has 1 fully saturated rings. The Bertz CT molecular complexity index is 632. The number of methoxy groups -OCH3 is 1. The van der Waals surface area contributed by atoms with Gasteiger partial charge in [-0.1, -0.05) is 12.1 Å². The van der Waals surface area contributed by atoms with Crippen molar-refractivity contribution in [3.63, 3.8) is 0 Å². The van der Waals surface area contributed by atoms with Crippen LogP contribution in [0.1, 0.15) is 24.4 Å². The first-order valence-corrected chi connectivity index (χ1v) is 8.03. The molecule has 1 amide bonds.